The van der Waals surface area contributed by atoms with Gasteiger partial charge in [0.15, 0.2) is 0 Å². The summed E-state index contributed by atoms with van der Waals surface area (Å²) in [6.07, 6.45) is 1.54. The van der Waals surface area contributed by atoms with Crippen LogP contribution in [0.3, 0.4) is 0 Å². The topological polar surface area (TPSA) is 62.2 Å². The van der Waals surface area contributed by atoms with Crippen LogP contribution in [0, 0.1) is 0 Å². The first-order valence-corrected chi connectivity index (χ1v) is 5.58. The molecule has 82 valence electrons. The summed E-state index contributed by atoms with van der Waals surface area (Å²) in [4.78, 5) is 16.0. The van der Waals surface area contributed by atoms with Gasteiger partial charge in [0, 0.05) is 6.54 Å². The molecule has 16 heavy (non-hydrogen) atoms. The lowest BCUT2D eigenvalue weighted by molar-refractivity contribution is 0.0955. The number of phenolic OH excluding ortho intramolecular Hbond substituents is 1. The lowest BCUT2D eigenvalue weighted by atomic mass is 10.2. The van der Waals surface area contributed by atoms with Gasteiger partial charge in [0.2, 0.25) is 0 Å². The molecule has 0 saturated heterocycles. The Balaban J connectivity index is 1.93. The van der Waals surface area contributed by atoms with Crippen LogP contribution >= 0.6 is 11.3 Å². The number of aromatic hydroxyl groups is 1. The molecule has 0 aliphatic heterocycles. The molecule has 0 saturated carbocycles. The van der Waals surface area contributed by atoms with Crippen molar-refractivity contribution in [3.63, 3.8) is 0 Å². The summed E-state index contributed by atoms with van der Waals surface area (Å²) in [5, 5.41) is 11.9. The number of carbonyl (C=O) groups is 1. The second-order valence-corrected chi connectivity index (χ2v) is 4.10. The van der Waals surface area contributed by atoms with Crippen molar-refractivity contribution in [1.29, 1.82) is 0 Å². The molecule has 1 aromatic heterocycles. The highest BCUT2D eigenvalue weighted by atomic mass is 32.1. The molecule has 0 atom stereocenters. The summed E-state index contributed by atoms with van der Waals surface area (Å²) in [5.74, 6) is 0.0908. The maximum Gasteiger partial charge on any atom is 0.263 e. The molecule has 1 amide bonds. The second-order valence-electron chi connectivity index (χ2n) is 3.21. The maximum absolute atomic E-state index is 11.6. The molecule has 1 heterocycles. The minimum atomic E-state index is -0.129. The van der Waals surface area contributed by atoms with Crippen molar-refractivity contribution in [3.8, 4) is 5.75 Å². The van der Waals surface area contributed by atoms with E-state index in [0.717, 1.165) is 5.56 Å². The van der Waals surface area contributed by atoms with Crippen LogP contribution in [0.25, 0.3) is 0 Å². The van der Waals surface area contributed by atoms with Gasteiger partial charge in [-0.15, -0.1) is 11.3 Å². The number of aromatic nitrogens is 1. The van der Waals surface area contributed by atoms with Gasteiger partial charge in [-0.05, 0) is 17.7 Å². The Bertz CT molecular complexity index is 465. The Hall–Kier alpha value is -1.88. The zero-order chi connectivity index (χ0) is 11.4. The van der Waals surface area contributed by atoms with Crippen molar-refractivity contribution in [1.82, 2.24) is 10.3 Å². The lowest BCUT2D eigenvalue weighted by Crippen LogP contribution is -2.21. The van der Waals surface area contributed by atoms with Gasteiger partial charge in [0.25, 0.3) is 5.91 Å². The van der Waals surface area contributed by atoms with Crippen LogP contribution in [0.2, 0.25) is 0 Å². The van der Waals surface area contributed by atoms with Gasteiger partial charge < -0.3 is 10.4 Å². The summed E-state index contributed by atoms with van der Waals surface area (Å²) in [7, 11) is 0. The van der Waals surface area contributed by atoms with Gasteiger partial charge in [-0.3, -0.25) is 9.78 Å². The van der Waals surface area contributed by atoms with Crippen LogP contribution in [0.1, 0.15) is 15.2 Å². The third kappa shape index (κ3) is 2.58. The van der Waals surface area contributed by atoms with Gasteiger partial charge in [0.05, 0.1) is 11.7 Å². The van der Waals surface area contributed by atoms with Crippen molar-refractivity contribution in [3.05, 3.63) is 46.4 Å². The van der Waals surface area contributed by atoms with E-state index in [4.69, 9.17) is 5.11 Å². The monoisotopic (exact) mass is 234 g/mol. The molecule has 2 aromatic rings. The van der Waals surface area contributed by atoms with Crippen molar-refractivity contribution in [2.45, 2.75) is 6.54 Å². The highest BCUT2D eigenvalue weighted by Crippen LogP contribution is 2.10. The maximum atomic E-state index is 11.6. The Labute approximate surface area is 96.6 Å². The first kappa shape index (κ1) is 10.6. The van der Waals surface area contributed by atoms with E-state index < -0.39 is 0 Å². The molecule has 1 aromatic carbocycles. The fraction of sp³-hybridized carbons (Fsp3) is 0.0909. The second kappa shape index (κ2) is 4.76. The quantitative estimate of drug-likeness (QED) is 0.851. The van der Waals surface area contributed by atoms with Crippen molar-refractivity contribution in [2.75, 3.05) is 0 Å². The number of hydrogen-bond acceptors (Lipinski definition) is 4. The predicted octanol–water partition coefficient (Wildman–Crippen LogP) is 1.78. The van der Waals surface area contributed by atoms with E-state index in [9.17, 15) is 4.79 Å². The van der Waals surface area contributed by atoms with Crippen LogP contribution in [0.5, 0.6) is 5.75 Å². The normalized spacial score (nSPS) is 10.0. The number of nitrogens with zero attached hydrogens (tertiary/aromatic N) is 1. The first-order chi connectivity index (χ1) is 7.75. The van der Waals surface area contributed by atoms with Crippen molar-refractivity contribution < 1.29 is 9.90 Å². The highest BCUT2D eigenvalue weighted by Gasteiger charge is 2.06. The summed E-state index contributed by atoms with van der Waals surface area (Å²) < 4.78 is 0. The Morgan fingerprint density at radius 3 is 2.75 bits per heavy atom. The fourth-order valence-electron chi connectivity index (χ4n) is 1.21. The molecule has 0 bridgehead atoms. The van der Waals surface area contributed by atoms with E-state index >= 15 is 0 Å². The zero-order valence-corrected chi connectivity index (χ0v) is 9.20. The highest BCUT2D eigenvalue weighted by molar-refractivity contribution is 7.11. The number of phenols is 1. The number of amides is 1. The molecule has 5 heteroatoms. The minimum Gasteiger partial charge on any atom is -0.508 e. The number of hydrogen-bond donors (Lipinski definition) is 2. The summed E-state index contributed by atoms with van der Waals surface area (Å²) in [6.45, 7) is 0.441. The lowest BCUT2D eigenvalue weighted by Gasteiger charge is -2.03. The third-order valence-corrected chi connectivity index (χ3v) is 2.82. The molecule has 0 spiro atoms. The molecule has 0 radical (unpaired) electrons. The smallest absolute Gasteiger partial charge is 0.263 e. The fourth-order valence-corrected chi connectivity index (χ4v) is 1.75. The molecule has 2 N–H and O–H groups in total. The van der Waals surface area contributed by atoms with E-state index in [1.54, 1.807) is 29.8 Å². The molecule has 0 fully saturated rings. The van der Waals surface area contributed by atoms with Gasteiger partial charge in [-0.25, -0.2) is 0 Å². The van der Waals surface area contributed by atoms with E-state index in [1.807, 2.05) is 0 Å². The average Bonchev–Trinajstić information content (AvgIpc) is 2.81. The standard InChI is InChI=1S/C11H10N2O2S/c14-9-3-1-8(2-4-9)5-13-11(15)10-6-12-7-16-10/h1-4,6-7,14H,5H2,(H,13,15). The van der Waals surface area contributed by atoms with Crippen LogP contribution < -0.4 is 5.32 Å². The van der Waals surface area contributed by atoms with E-state index in [0.29, 0.717) is 11.4 Å². The minimum absolute atomic E-state index is 0.129. The van der Waals surface area contributed by atoms with Gasteiger partial charge >= 0.3 is 0 Å². The first-order valence-electron chi connectivity index (χ1n) is 4.70. The zero-order valence-electron chi connectivity index (χ0n) is 8.38. The SMILES string of the molecule is O=C(NCc1ccc(O)cc1)c1cncs1. The largest absolute Gasteiger partial charge is 0.508 e. The Kier molecular flexibility index (Phi) is 3.16. The number of benzene rings is 1. The molecular weight excluding hydrogens is 224 g/mol. The summed E-state index contributed by atoms with van der Waals surface area (Å²) >= 11 is 1.31. The van der Waals surface area contributed by atoms with Crippen LogP contribution in [0.15, 0.2) is 36.0 Å². The molecule has 2 rings (SSSR count). The molecule has 4 nitrogen and oxygen atoms in total. The molecule has 0 unspecified atom stereocenters. The van der Waals surface area contributed by atoms with Crippen LogP contribution in [0.4, 0.5) is 0 Å². The van der Waals surface area contributed by atoms with Gasteiger partial charge in [-0.2, -0.15) is 0 Å². The van der Waals surface area contributed by atoms with Gasteiger partial charge in [-0.1, -0.05) is 12.1 Å². The third-order valence-electron chi connectivity index (χ3n) is 2.05. The predicted molar refractivity (Wildman–Crippen MR) is 61.4 cm³/mol. The Morgan fingerprint density at radius 2 is 2.12 bits per heavy atom. The van der Waals surface area contributed by atoms with Crippen LogP contribution in [-0.2, 0) is 6.54 Å². The number of rotatable bonds is 3. The van der Waals surface area contributed by atoms with Crippen molar-refractivity contribution >= 4 is 17.2 Å². The van der Waals surface area contributed by atoms with Crippen molar-refractivity contribution in [2.24, 2.45) is 0 Å². The summed E-state index contributed by atoms with van der Waals surface area (Å²) in [6, 6.07) is 6.72. The summed E-state index contributed by atoms with van der Waals surface area (Å²) in [5.41, 5.74) is 2.56. The van der Waals surface area contributed by atoms with E-state index in [2.05, 4.69) is 10.3 Å². The molecule has 0 aliphatic rings. The number of thiazole rings is 1. The number of carbonyl (C=O) groups excluding carboxylic acids is 1. The van der Waals surface area contributed by atoms with Gasteiger partial charge in [0.1, 0.15) is 10.6 Å². The molecule has 0 aliphatic carbocycles. The molecular formula is C11H10N2O2S. The van der Waals surface area contributed by atoms with E-state index in [1.165, 1.54) is 17.5 Å². The number of nitrogens with one attached hydrogen (secondary N) is 1. The Morgan fingerprint density at radius 1 is 1.38 bits per heavy atom. The average molecular weight is 234 g/mol. The van der Waals surface area contributed by atoms with Crippen LogP contribution in [-0.4, -0.2) is 16.0 Å². The van der Waals surface area contributed by atoms with E-state index in [-0.39, 0.29) is 11.7 Å².